The van der Waals surface area contributed by atoms with Crippen LogP contribution in [0.25, 0.3) is 0 Å². The van der Waals surface area contributed by atoms with E-state index in [2.05, 4.69) is 5.32 Å². The SMILES string of the molecule is CC(=O)N[C@@H](CS(=O)Cc1ccccc1C)C(=O)O. The molecule has 0 radical (unpaired) electrons. The van der Waals surface area contributed by atoms with Crippen molar-refractivity contribution in [3.63, 3.8) is 0 Å². The van der Waals surface area contributed by atoms with Crippen LogP contribution < -0.4 is 5.32 Å². The van der Waals surface area contributed by atoms with Crippen LogP contribution in [0.2, 0.25) is 0 Å². The van der Waals surface area contributed by atoms with Crippen molar-refractivity contribution in [3.05, 3.63) is 35.4 Å². The number of benzene rings is 1. The van der Waals surface area contributed by atoms with Crippen LogP contribution in [0.5, 0.6) is 0 Å². The molecule has 0 aliphatic carbocycles. The van der Waals surface area contributed by atoms with Crippen LogP contribution in [0, 0.1) is 6.92 Å². The van der Waals surface area contributed by atoms with Gasteiger partial charge in [0.1, 0.15) is 6.04 Å². The standard InChI is InChI=1S/C13H17NO4S/c1-9-5-3-4-6-11(9)7-19(18)8-12(13(16)17)14-10(2)15/h3-6,12H,7-8H2,1-2H3,(H,14,15)(H,16,17)/t12-,19?/m0/s1. The normalized spacial score (nSPS) is 13.6. The van der Waals surface area contributed by atoms with Gasteiger partial charge in [-0.1, -0.05) is 24.3 Å². The molecule has 1 aromatic carbocycles. The van der Waals surface area contributed by atoms with E-state index in [1.165, 1.54) is 6.92 Å². The molecular weight excluding hydrogens is 266 g/mol. The third-order valence-corrected chi connectivity index (χ3v) is 3.94. The fourth-order valence-corrected chi connectivity index (χ4v) is 3.00. The van der Waals surface area contributed by atoms with Gasteiger partial charge in [-0.25, -0.2) is 4.79 Å². The Morgan fingerprint density at radius 3 is 2.53 bits per heavy atom. The van der Waals surface area contributed by atoms with E-state index in [0.717, 1.165) is 11.1 Å². The molecule has 0 heterocycles. The Morgan fingerprint density at radius 1 is 1.37 bits per heavy atom. The maximum atomic E-state index is 12.0. The van der Waals surface area contributed by atoms with E-state index in [1.54, 1.807) is 0 Å². The monoisotopic (exact) mass is 283 g/mol. The number of carbonyl (C=O) groups is 2. The van der Waals surface area contributed by atoms with Crippen molar-refractivity contribution in [2.45, 2.75) is 25.6 Å². The van der Waals surface area contributed by atoms with Crippen LogP contribution in [0.1, 0.15) is 18.1 Å². The molecule has 0 aromatic heterocycles. The van der Waals surface area contributed by atoms with E-state index in [1.807, 2.05) is 31.2 Å². The minimum Gasteiger partial charge on any atom is -0.480 e. The minimum atomic E-state index is -1.34. The van der Waals surface area contributed by atoms with Crippen LogP contribution in [-0.2, 0) is 26.1 Å². The molecule has 6 heteroatoms. The Bertz CT molecular complexity index is 501. The van der Waals surface area contributed by atoms with E-state index in [9.17, 15) is 13.8 Å². The second-order valence-electron chi connectivity index (χ2n) is 4.27. The lowest BCUT2D eigenvalue weighted by Crippen LogP contribution is -2.43. The Morgan fingerprint density at radius 2 is 2.00 bits per heavy atom. The molecule has 0 aliphatic heterocycles. The second kappa shape index (κ2) is 7.04. The molecule has 1 aromatic rings. The summed E-state index contributed by atoms with van der Waals surface area (Å²) < 4.78 is 12.0. The number of carboxylic acids is 1. The Balaban J connectivity index is 2.65. The zero-order valence-electron chi connectivity index (χ0n) is 10.9. The summed E-state index contributed by atoms with van der Waals surface area (Å²) in [5.41, 5.74) is 1.94. The zero-order chi connectivity index (χ0) is 14.4. The highest BCUT2D eigenvalue weighted by Gasteiger charge is 2.21. The van der Waals surface area contributed by atoms with Gasteiger partial charge in [-0.15, -0.1) is 0 Å². The number of hydrogen-bond acceptors (Lipinski definition) is 3. The quantitative estimate of drug-likeness (QED) is 0.810. The third kappa shape index (κ3) is 5.21. The second-order valence-corrected chi connectivity index (χ2v) is 5.77. The molecule has 0 bridgehead atoms. The number of rotatable bonds is 6. The Hall–Kier alpha value is -1.69. The van der Waals surface area contributed by atoms with Gasteiger partial charge < -0.3 is 10.4 Å². The summed E-state index contributed by atoms with van der Waals surface area (Å²) in [6.07, 6.45) is 0. The summed E-state index contributed by atoms with van der Waals surface area (Å²) >= 11 is 0. The predicted molar refractivity (Wildman–Crippen MR) is 73.1 cm³/mol. The molecule has 0 saturated heterocycles. The number of carbonyl (C=O) groups excluding carboxylic acids is 1. The van der Waals surface area contributed by atoms with Crippen molar-refractivity contribution in [2.75, 3.05) is 5.75 Å². The maximum Gasteiger partial charge on any atom is 0.327 e. The highest BCUT2D eigenvalue weighted by atomic mass is 32.2. The minimum absolute atomic E-state index is 0.0940. The first-order chi connectivity index (χ1) is 8.90. The number of hydrogen-bond donors (Lipinski definition) is 2. The van der Waals surface area contributed by atoms with Gasteiger partial charge in [0.25, 0.3) is 0 Å². The topological polar surface area (TPSA) is 83.5 Å². The van der Waals surface area contributed by atoms with Gasteiger partial charge in [-0.3, -0.25) is 9.00 Å². The van der Waals surface area contributed by atoms with E-state index < -0.39 is 28.7 Å². The first-order valence-electron chi connectivity index (χ1n) is 5.79. The molecule has 0 aliphatic rings. The first-order valence-corrected chi connectivity index (χ1v) is 7.28. The number of carboxylic acid groups (broad SMARTS) is 1. The van der Waals surface area contributed by atoms with Crippen LogP contribution in [0.4, 0.5) is 0 Å². The van der Waals surface area contributed by atoms with E-state index in [4.69, 9.17) is 5.11 Å². The molecule has 5 nitrogen and oxygen atoms in total. The lowest BCUT2D eigenvalue weighted by atomic mass is 10.1. The van der Waals surface area contributed by atoms with Crippen molar-refractivity contribution in [1.82, 2.24) is 5.32 Å². The molecule has 2 N–H and O–H groups in total. The zero-order valence-corrected chi connectivity index (χ0v) is 11.7. The summed E-state index contributed by atoms with van der Waals surface area (Å²) in [6, 6.07) is 6.40. The molecule has 104 valence electrons. The number of aliphatic carboxylic acids is 1. The van der Waals surface area contributed by atoms with Gasteiger partial charge in [-0.05, 0) is 18.1 Å². The lowest BCUT2D eigenvalue weighted by molar-refractivity contribution is -0.140. The highest BCUT2D eigenvalue weighted by molar-refractivity contribution is 7.84. The average molecular weight is 283 g/mol. The van der Waals surface area contributed by atoms with Crippen molar-refractivity contribution in [1.29, 1.82) is 0 Å². The van der Waals surface area contributed by atoms with E-state index >= 15 is 0 Å². The molecular formula is C13H17NO4S. The van der Waals surface area contributed by atoms with Crippen LogP contribution in [0.15, 0.2) is 24.3 Å². The lowest BCUT2D eigenvalue weighted by Gasteiger charge is -2.13. The molecule has 1 unspecified atom stereocenters. The molecule has 19 heavy (non-hydrogen) atoms. The average Bonchev–Trinajstić information content (AvgIpc) is 2.30. The van der Waals surface area contributed by atoms with Crippen molar-refractivity contribution in [3.8, 4) is 0 Å². The summed E-state index contributed by atoms with van der Waals surface area (Å²) in [5, 5.41) is 11.2. The fraction of sp³-hybridized carbons (Fsp3) is 0.385. The highest BCUT2D eigenvalue weighted by Crippen LogP contribution is 2.10. The largest absolute Gasteiger partial charge is 0.480 e. The summed E-state index contributed by atoms with van der Waals surface area (Å²) in [4.78, 5) is 21.8. The van der Waals surface area contributed by atoms with Gasteiger partial charge in [0, 0.05) is 23.5 Å². The van der Waals surface area contributed by atoms with Crippen molar-refractivity contribution >= 4 is 22.7 Å². The number of amides is 1. The number of aryl methyl sites for hydroxylation is 1. The van der Waals surface area contributed by atoms with Crippen molar-refractivity contribution < 1.29 is 18.9 Å². The van der Waals surface area contributed by atoms with E-state index in [0.29, 0.717) is 0 Å². The first kappa shape index (κ1) is 15.4. The van der Waals surface area contributed by atoms with Gasteiger partial charge in [-0.2, -0.15) is 0 Å². The maximum absolute atomic E-state index is 12.0. The van der Waals surface area contributed by atoms with Gasteiger partial charge in [0.15, 0.2) is 0 Å². The molecule has 0 fully saturated rings. The van der Waals surface area contributed by atoms with E-state index in [-0.39, 0.29) is 11.5 Å². The Kier molecular flexibility index (Phi) is 5.69. The van der Waals surface area contributed by atoms with Crippen LogP contribution in [0.3, 0.4) is 0 Å². The number of nitrogens with one attached hydrogen (secondary N) is 1. The van der Waals surface area contributed by atoms with Crippen molar-refractivity contribution in [2.24, 2.45) is 0 Å². The van der Waals surface area contributed by atoms with Crippen LogP contribution >= 0.6 is 0 Å². The Labute approximate surface area is 114 Å². The molecule has 2 atom stereocenters. The predicted octanol–water partition coefficient (Wildman–Crippen LogP) is 0.833. The molecule has 1 rings (SSSR count). The smallest absolute Gasteiger partial charge is 0.327 e. The summed E-state index contributed by atoms with van der Waals surface area (Å²) in [5.74, 6) is -1.42. The molecule has 0 spiro atoms. The van der Waals surface area contributed by atoms with Gasteiger partial charge in [0.05, 0.1) is 5.75 Å². The summed E-state index contributed by atoms with van der Waals surface area (Å²) in [7, 11) is -1.34. The van der Waals surface area contributed by atoms with Crippen LogP contribution in [-0.4, -0.2) is 33.0 Å². The third-order valence-electron chi connectivity index (χ3n) is 2.61. The fourth-order valence-electron chi connectivity index (χ4n) is 1.61. The molecule has 1 amide bonds. The van der Waals surface area contributed by atoms with Gasteiger partial charge >= 0.3 is 5.97 Å². The summed E-state index contributed by atoms with van der Waals surface area (Å²) in [6.45, 7) is 3.15. The molecule has 0 saturated carbocycles. The van der Waals surface area contributed by atoms with Gasteiger partial charge in [0.2, 0.25) is 5.91 Å².